The van der Waals surface area contributed by atoms with Gasteiger partial charge in [-0.1, -0.05) is 12.1 Å². The Kier molecular flexibility index (Phi) is 9.69. The summed E-state index contributed by atoms with van der Waals surface area (Å²) in [4.78, 5) is 42.0. The van der Waals surface area contributed by atoms with Crippen molar-refractivity contribution in [3.8, 4) is 0 Å². The molecular formula is C27H34FN5O3. The highest BCUT2D eigenvalue weighted by Crippen LogP contribution is 2.22. The zero-order valence-corrected chi connectivity index (χ0v) is 20.9. The second-order valence-electron chi connectivity index (χ2n) is 9.23. The summed E-state index contributed by atoms with van der Waals surface area (Å²) in [6.07, 6.45) is 3.96. The topological polar surface area (TPSA) is 117 Å². The van der Waals surface area contributed by atoms with Gasteiger partial charge in [-0.15, -0.1) is 0 Å². The number of Topliss-reactive ketones (excluding diaryl/α,β-unsaturated/α-hetero) is 2. The van der Waals surface area contributed by atoms with Gasteiger partial charge in [-0.25, -0.2) is 9.18 Å². The van der Waals surface area contributed by atoms with Crippen molar-refractivity contribution in [1.29, 1.82) is 0 Å². The van der Waals surface area contributed by atoms with Gasteiger partial charge in [0.15, 0.2) is 11.6 Å². The average Bonchev–Trinajstić information content (AvgIpc) is 2.83. The summed E-state index contributed by atoms with van der Waals surface area (Å²) in [5.41, 5.74) is 7.69. The smallest absolute Gasteiger partial charge is 0.318 e. The first-order valence-corrected chi connectivity index (χ1v) is 12.2. The van der Waals surface area contributed by atoms with Gasteiger partial charge >= 0.3 is 6.03 Å². The second-order valence-corrected chi connectivity index (χ2v) is 9.23. The third-order valence-corrected chi connectivity index (χ3v) is 6.30. The molecular weight excluding hydrogens is 461 g/mol. The van der Waals surface area contributed by atoms with E-state index in [0.29, 0.717) is 29.3 Å². The molecule has 0 bridgehead atoms. The van der Waals surface area contributed by atoms with Crippen LogP contribution < -0.4 is 16.4 Å². The van der Waals surface area contributed by atoms with E-state index in [4.69, 9.17) is 5.73 Å². The predicted octanol–water partition coefficient (Wildman–Crippen LogP) is 4.01. The van der Waals surface area contributed by atoms with Crippen LogP contribution in [0.25, 0.3) is 0 Å². The molecule has 2 aromatic carbocycles. The molecule has 1 aliphatic rings. The van der Waals surface area contributed by atoms with E-state index in [1.807, 2.05) is 12.1 Å². The van der Waals surface area contributed by atoms with Crippen molar-refractivity contribution in [2.75, 3.05) is 31.5 Å². The molecule has 1 fully saturated rings. The molecule has 36 heavy (non-hydrogen) atoms. The number of carbonyl (C=O) groups excluding carboxylic acids is 3. The molecule has 2 aromatic rings. The van der Waals surface area contributed by atoms with E-state index < -0.39 is 6.03 Å². The first-order chi connectivity index (χ1) is 17.2. The number of nitrogens with one attached hydrogen (secondary N) is 2. The summed E-state index contributed by atoms with van der Waals surface area (Å²) in [5, 5.41) is 5.44. The van der Waals surface area contributed by atoms with Crippen molar-refractivity contribution in [2.45, 2.75) is 39.5 Å². The predicted molar refractivity (Wildman–Crippen MR) is 139 cm³/mol. The molecule has 9 heteroatoms. The number of primary amides is 1. The van der Waals surface area contributed by atoms with Gasteiger partial charge in [0.1, 0.15) is 5.82 Å². The fraction of sp³-hybridized carbons (Fsp3) is 0.407. The Balaban J connectivity index is 1.51. The minimum Gasteiger partial charge on any atom is -0.351 e. The maximum atomic E-state index is 13.1. The molecule has 3 rings (SSSR count). The maximum absolute atomic E-state index is 13.1. The first kappa shape index (κ1) is 27.0. The Bertz CT molecular complexity index is 1080. The van der Waals surface area contributed by atoms with Crippen LogP contribution in [-0.2, 0) is 6.42 Å². The van der Waals surface area contributed by atoms with Gasteiger partial charge in [0.05, 0.1) is 0 Å². The lowest BCUT2D eigenvalue weighted by Gasteiger charge is -2.32. The fourth-order valence-electron chi connectivity index (χ4n) is 4.32. The van der Waals surface area contributed by atoms with E-state index >= 15 is 0 Å². The Hall–Kier alpha value is -3.59. The van der Waals surface area contributed by atoms with E-state index in [-0.39, 0.29) is 23.3 Å². The molecule has 1 saturated heterocycles. The highest BCUT2D eigenvalue weighted by molar-refractivity contribution is 6.06. The number of hydrogen-bond acceptors (Lipinski definition) is 5. The van der Waals surface area contributed by atoms with Gasteiger partial charge in [0.25, 0.3) is 0 Å². The number of benzene rings is 2. The van der Waals surface area contributed by atoms with Crippen molar-refractivity contribution in [2.24, 2.45) is 16.6 Å². The zero-order chi connectivity index (χ0) is 26.1. The molecule has 1 heterocycles. The highest BCUT2D eigenvalue weighted by atomic mass is 19.1. The average molecular weight is 496 g/mol. The molecule has 0 aromatic heterocycles. The van der Waals surface area contributed by atoms with Gasteiger partial charge in [-0.05, 0) is 101 Å². The Morgan fingerprint density at radius 1 is 1.03 bits per heavy atom. The van der Waals surface area contributed by atoms with Gasteiger partial charge in [0.2, 0.25) is 5.96 Å². The number of piperidine rings is 1. The number of carbonyl (C=O) groups is 3. The molecule has 8 nitrogen and oxygen atoms in total. The number of nitrogens with zero attached hydrogens (tertiary/aromatic N) is 2. The van der Waals surface area contributed by atoms with Gasteiger partial charge < -0.3 is 16.0 Å². The molecule has 0 aliphatic carbocycles. The number of anilines is 1. The van der Waals surface area contributed by atoms with Gasteiger partial charge in [-0.2, -0.15) is 0 Å². The molecule has 2 amide bonds. The van der Waals surface area contributed by atoms with Gasteiger partial charge in [0, 0.05) is 23.4 Å². The number of nitrogens with two attached hydrogens (primary N) is 1. The highest BCUT2D eigenvalue weighted by Gasteiger charge is 2.19. The van der Waals surface area contributed by atoms with Crippen molar-refractivity contribution in [3.05, 3.63) is 65.0 Å². The van der Waals surface area contributed by atoms with Crippen LogP contribution in [0.1, 0.15) is 59.4 Å². The van der Waals surface area contributed by atoms with Crippen LogP contribution in [0.2, 0.25) is 0 Å². The minimum absolute atomic E-state index is 0.163. The number of rotatable bonds is 9. The molecule has 0 unspecified atom stereocenters. The van der Waals surface area contributed by atoms with E-state index in [1.54, 1.807) is 12.1 Å². The van der Waals surface area contributed by atoms with Crippen LogP contribution >= 0.6 is 0 Å². The molecule has 0 radical (unpaired) electrons. The number of likely N-dealkylation sites (tertiary alicyclic amines) is 1. The monoisotopic (exact) mass is 495 g/mol. The summed E-state index contributed by atoms with van der Waals surface area (Å²) in [6, 6.07) is 10.7. The lowest BCUT2D eigenvalue weighted by atomic mass is 9.90. The summed E-state index contributed by atoms with van der Waals surface area (Å²) in [6.45, 7) is 6.20. The molecule has 0 saturated carbocycles. The third kappa shape index (κ3) is 8.57. The van der Waals surface area contributed by atoms with E-state index in [1.165, 1.54) is 37.6 Å². The Morgan fingerprint density at radius 3 is 2.19 bits per heavy atom. The molecule has 1 aliphatic heterocycles. The van der Waals surface area contributed by atoms with Crippen LogP contribution in [0.4, 0.5) is 14.9 Å². The quantitative estimate of drug-likeness (QED) is 0.210. The van der Waals surface area contributed by atoms with Crippen LogP contribution in [0.5, 0.6) is 0 Å². The fourth-order valence-corrected chi connectivity index (χ4v) is 4.32. The first-order valence-electron chi connectivity index (χ1n) is 12.2. The standard InChI is InChI=1S/C27H34FN5O3/c1-18(34)22-15-23(19(2)35)17-25(16-22)31-27(32-26(29)36)30-10-3-11-33-12-8-21(9-13-33)14-20-4-6-24(28)7-5-20/h4-7,15-17,21H,3,8-14H2,1-2H3,(H4,29,30,31,32,36). The number of hydrogen-bond donors (Lipinski definition) is 3. The third-order valence-electron chi connectivity index (χ3n) is 6.30. The summed E-state index contributed by atoms with van der Waals surface area (Å²) in [7, 11) is 0. The van der Waals surface area contributed by atoms with Crippen molar-refractivity contribution >= 4 is 29.2 Å². The SMILES string of the molecule is CC(=O)c1cc(NC(=NCCCN2CCC(Cc3ccc(F)cc3)CC2)NC(N)=O)cc(C(C)=O)c1. The number of ketones is 2. The Labute approximate surface area is 211 Å². The lowest BCUT2D eigenvalue weighted by molar-refractivity contribution is 0.101. The van der Waals surface area contributed by atoms with Crippen LogP contribution in [-0.4, -0.2) is 54.6 Å². The Morgan fingerprint density at radius 2 is 1.64 bits per heavy atom. The number of halogens is 1. The molecule has 4 N–H and O–H groups in total. The van der Waals surface area contributed by atoms with Gasteiger partial charge in [-0.3, -0.25) is 19.9 Å². The maximum Gasteiger partial charge on any atom is 0.318 e. The number of aliphatic imine (C=N–C) groups is 1. The van der Waals surface area contributed by atoms with Crippen LogP contribution in [0, 0.1) is 11.7 Å². The molecule has 0 atom stereocenters. The van der Waals surface area contributed by atoms with Crippen molar-refractivity contribution in [3.63, 3.8) is 0 Å². The van der Waals surface area contributed by atoms with Crippen LogP contribution in [0.3, 0.4) is 0 Å². The molecule has 192 valence electrons. The van der Waals surface area contributed by atoms with E-state index in [9.17, 15) is 18.8 Å². The summed E-state index contributed by atoms with van der Waals surface area (Å²) < 4.78 is 13.1. The minimum atomic E-state index is -0.765. The number of guanidine groups is 1. The zero-order valence-electron chi connectivity index (χ0n) is 20.9. The summed E-state index contributed by atoms with van der Waals surface area (Å²) in [5.74, 6) is 0.209. The molecule has 0 spiro atoms. The van der Waals surface area contributed by atoms with Crippen LogP contribution in [0.15, 0.2) is 47.5 Å². The van der Waals surface area contributed by atoms with Crippen molar-refractivity contribution < 1.29 is 18.8 Å². The normalized spacial score (nSPS) is 14.9. The van der Waals surface area contributed by atoms with Crippen molar-refractivity contribution in [1.82, 2.24) is 10.2 Å². The summed E-state index contributed by atoms with van der Waals surface area (Å²) >= 11 is 0. The van der Waals surface area contributed by atoms with E-state index in [0.717, 1.165) is 45.3 Å². The largest absolute Gasteiger partial charge is 0.351 e. The lowest BCUT2D eigenvalue weighted by Crippen LogP contribution is -2.40. The second kappa shape index (κ2) is 12.9. The number of urea groups is 1. The van der Waals surface area contributed by atoms with E-state index in [2.05, 4.69) is 20.5 Å². The number of amides is 2.